The lowest BCUT2D eigenvalue weighted by Gasteiger charge is -2.25. The maximum atomic E-state index is 9.17. The third kappa shape index (κ3) is 3.73. The predicted octanol–water partition coefficient (Wildman–Crippen LogP) is 4.20. The topological polar surface area (TPSA) is 23.5 Å². The molecule has 0 aliphatic carbocycles. The Morgan fingerprint density at radius 3 is 2.74 bits per heavy atom. The number of aliphatic hydroxyl groups excluding tert-OH is 1. The van der Waals surface area contributed by atoms with Crippen molar-refractivity contribution in [3.63, 3.8) is 0 Å². The van der Waals surface area contributed by atoms with Crippen LogP contribution in [0.25, 0.3) is 0 Å². The van der Waals surface area contributed by atoms with Gasteiger partial charge in [-0.2, -0.15) is 0 Å². The Kier molecular flexibility index (Phi) is 5.28. The van der Waals surface area contributed by atoms with Crippen molar-refractivity contribution in [1.29, 1.82) is 0 Å². The van der Waals surface area contributed by atoms with Gasteiger partial charge in [-0.3, -0.25) is 0 Å². The standard InChI is InChI=1S/C16H24BrNO/c1-12(2)14-4-3-8-18(9-7-14)16-6-5-13(11-19)10-15(16)17/h5-6,10,12,14,19H,3-4,7-9,11H2,1-2H3. The lowest BCUT2D eigenvalue weighted by atomic mass is 9.89. The van der Waals surface area contributed by atoms with Crippen LogP contribution >= 0.6 is 15.9 Å². The second-order valence-corrected chi connectivity index (χ2v) is 6.72. The minimum atomic E-state index is 0.105. The van der Waals surface area contributed by atoms with E-state index in [1.165, 1.54) is 24.9 Å². The van der Waals surface area contributed by atoms with Gasteiger partial charge >= 0.3 is 0 Å². The molecule has 1 fully saturated rings. The summed E-state index contributed by atoms with van der Waals surface area (Å²) >= 11 is 3.64. The number of hydrogen-bond donors (Lipinski definition) is 1. The van der Waals surface area contributed by atoms with E-state index in [4.69, 9.17) is 5.11 Å². The van der Waals surface area contributed by atoms with E-state index < -0.39 is 0 Å². The largest absolute Gasteiger partial charge is 0.392 e. The van der Waals surface area contributed by atoms with Crippen LogP contribution in [0.15, 0.2) is 22.7 Å². The highest BCUT2D eigenvalue weighted by Crippen LogP contribution is 2.32. The van der Waals surface area contributed by atoms with Crippen LogP contribution in [-0.2, 0) is 6.61 Å². The van der Waals surface area contributed by atoms with Crippen molar-refractivity contribution in [3.05, 3.63) is 28.2 Å². The monoisotopic (exact) mass is 325 g/mol. The quantitative estimate of drug-likeness (QED) is 0.900. The molecule has 2 nitrogen and oxygen atoms in total. The van der Waals surface area contributed by atoms with Crippen LogP contribution in [0.2, 0.25) is 0 Å². The van der Waals surface area contributed by atoms with Gasteiger partial charge in [-0.1, -0.05) is 19.9 Å². The van der Waals surface area contributed by atoms with Gasteiger partial charge in [0.1, 0.15) is 0 Å². The number of rotatable bonds is 3. The molecule has 1 aliphatic rings. The summed E-state index contributed by atoms with van der Waals surface area (Å²) in [5, 5.41) is 9.17. The van der Waals surface area contributed by atoms with Crippen molar-refractivity contribution in [2.24, 2.45) is 11.8 Å². The molecule has 106 valence electrons. The van der Waals surface area contributed by atoms with Crippen LogP contribution in [0.3, 0.4) is 0 Å². The molecule has 19 heavy (non-hydrogen) atoms. The van der Waals surface area contributed by atoms with Crippen LogP contribution in [-0.4, -0.2) is 18.2 Å². The lowest BCUT2D eigenvalue weighted by molar-refractivity contribution is 0.282. The number of nitrogens with zero attached hydrogens (tertiary/aromatic N) is 1. The van der Waals surface area contributed by atoms with Crippen molar-refractivity contribution < 1.29 is 5.11 Å². The van der Waals surface area contributed by atoms with E-state index in [9.17, 15) is 0 Å². The van der Waals surface area contributed by atoms with E-state index >= 15 is 0 Å². The summed E-state index contributed by atoms with van der Waals surface area (Å²) < 4.78 is 1.10. The number of benzene rings is 1. The summed E-state index contributed by atoms with van der Waals surface area (Å²) in [4.78, 5) is 2.48. The molecule has 1 unspecified atom stereocenters. The molecule has 1 aromatic carbocycles. The third-order valence-electron chi connectivity index (χ3n) is 4.25. The van der Waals surface area contributed by atoms with Gasteiger partial charge in [-0.05, 0) is 64.7 Å². The second kappa shape index (κ2) is 6.76. The van der Waals surface area contributed by atoms with Crippen molar-refractivity contribution in [3.8, 4) is 0 Å². The zero-order valence-electron chi connectivity index (χ0n) is 11.9. The molecule has 1 saturated heterocycles. The summed E-state index contributed by atoms with van der Waals surface area (Å²) in [7, 11) is 0. The first-order valence-corrected chi connectivity index (χ1v) is 8.05. The van der Waals surface area contributed by atoms with E-state index in [2.05, 4.69) is 40.7 Å². The van der Waals surface area contributed by atoms with E-state index in [1.54, 1.807) is 0 Å². The van der Waals surface area contributed by atoms with E-state index in [1.807, 2.05) is 12.1 Å². The van der Waals surface area contributed by atoms with Crippen molar-refractivity contribution >= 4 is 21.6 Å². The highest BCUT2D eigenvalue weighted by molar-refractivity contribution is 9.10. The molecular weight excluding hydrogens is 302 g/mol. The fraction of sp³-hybridized carbons (Fsp3) is 0.625. The van der Waals surface area contributed by atoms with Crippen molar-refractivity contribution in [2.75, 3.05) is 18.0 Å². The summed E-state index contributed by atoms with van der Waals surface area (Å²) in [6.07, 6.45) is 3.91. The molecule has 0 aromatic heterocycles. The Labute approximate surface area is 124 Å². The Morgan fingerprint density at radius 2 is 2.11 bits per heavy atom. The Balaban J connectivity index is 2.10. The zero-order valence-corrected chi connectivity index (χ0v) is 13.5. The molecular formula is C16H24BrNO. The molecule has 0 amide bonds. The zero-order chi connectivity index (χ0) is 13.8. The first kappa shape index (κ1) is 14.9. The van der Waals surface area contributed by atoms with Crippen LogP contribution in [0.1, 0.15) is 38.7 Å². The molecule has 1 atom stereocenters. The van der Waals surface area contributed by atoms with Crippen LogP contribution in [0, 0.1) is 11.8 Å². The summed E-state index contributed by atoms with van der Waals surface area (Å²) in [5.41, 5.74) is 2.23. The number of halogens is 1. The molecule has 0 radical (unpaired) electrons. The van der Waals surface area contributed by atoms with Crippen LogP contribution in [0.4, 0.5) is 5.69 Å². The fourth-order valence-corrected chi connectivity index (χ4v) is 3.61. The fourth-order valence-electron chi connectivity index (χ4n) is 2.93. The molecule has 2 rings (SSSR count). The first-order chi connectivity index (χ1) is 9.11. The Bertz CT molecular complexity index is 419. The van der Waals surface area contributed by atoms with E-state index in [-0.39, 0.29) is 6.61 Å². The average Bonchev–Trinajstić information content (AvgIpc) is 2.64. The molecule has 1 aliphatic heterocycles. The van der Waals surface area contributed by atoms with Crippen LogP contribution in [0.5, 0.6) is 0 Å². The number of aliphatic hydroxyl groups is 1. The van der Waals surface area contributed by atoms with E-state index in [0.29, 0.717) is 0 Å². The van der Waals surface area contributed by atoms with Gasteiger partial charge in [0.2, 0.25) is 0 Å². The van der Waals surface area contributed by atoms with Gasteiger partial charge in [0.15, 0.2) is 0 Å². The third-order valence-corrected chi connectivity index (χ3v) is 4.89. The molecule has 3 heteroatoms. The molecule has 1 aromatic rings. The summed E-state index contributed by atoms with van der Waals surface area (Å²) in [6, 6.07) is 6.18. The lowest BCUT2D eigenvalue weighted by Crippen LogP contribution is -2.24. The highest BCUT2D eigenvalue weighted by atomic mass is 79.9. The van der Waals surface area contributed by atoms with Crippen LogP contribution < -0.4 is 4.90 Å². The van der Waals surface area contributed by atoms with Gasteiger partial charge in [0.25, 0.3) is 0 Å². The Morgan fingerprint density at radius 1 is 1.32 bits per heavy atom. The second-order valence-electron chi connectivity index (χ2n) is 5.87. The highest BCUT2D eigenvalue weighted by Gasteiger charge is 2.20. The van der Waals surface area contributed by atoms with Gasteiger partial charge in [-0.15, -0.1) is 0 Å². The minimum absolute atomic E-state index is 0.105. The normalized spacial score (nSPS) is 20.7. The number of anilines is 1. The molecule has 0 bridgehead atoms. The molecule has 0 spiro atoms. The smallest absolute Gasteiger partial charge is 0.0682 e. The minimum Gasteiger partial charge on any atom is -0.392 e. The van der Waals surface area contributed by atoms with Crippen molar-refractivity contribution in [1.82, 2.24) is 0 Å². The molecule has 0 saturated carbocycles. The molecule has 1 heterocycles. The molecule has 1 N–H and O–H groups in total. The van der Waals surface area contributed by atoms with Gasteiger partial charge in [-0.25, -0.2) is 0 Å². The maximum absolute atomic E-state index is 9.17. The summed E-state index contributed by atoms with van der Waals surface area (Å²) in [6.45, 7) is 7.06. The first-order valence-electron chi connectivity index (χ1n) is 7.26. The van der Waals surface area contributed by atoms with E-state index in [0.717, 1.165) is 35.0 Å². The SMILES string of the molecule is CC(C)C1CCCN(c2ccc(CO)cc2Br)CC1. The Hall–Kier alpha value is -0.540. The van der Waals surface area contributed by atoms with Gasteiger partial charge in [0.05, 0.1) is 12.3 Å². The summed E-state index contributed by atoms with van der Waals surface area (Å²) in [5.74, 6) is 1.65. The van der Waals surface area contributed by atoms with Gasteiger partial charge < -0.3 is 10.0 Å². The van der Waals surface area contributed by atoms with Gasteiger partial charge in [0, 0.05) is 17.6 Å². The predicted molar refractivity (Wildman–Crippen MR) is 84.5 cm³/mol. The number of hydrogen-bond acceptors (Lipinski definition) is 2. The van der Waals surface area contributed by atoms with Crippen molar-refractivity contribution in [2.45, 2.75) is 39.7 Å². The maximum Gasteiger partial charge on any atom is 0.0682 e. The average molecular weight is 326 g/mol.